The summed E-state index contributed by atoms with van der Waals surface area (Å²) >= 11 is 1.77. The van der Waals surface area contributed by atoms with E-state index in [0.29, 0.717) is 18.7 Å². The summed E-state index contributed by atoms with van der Waals surface area (Å²) in [5.41, 5.74) is 1.00. The molecule has 6 heteroatoms. The molecular formula is C18H22N2O3S. The average molecular weight is 346 g/mol. The molecule has 24 heavy (non-hydrogen) atoms. The van der Waals surface area contributed by atoms with Crippen LogP contribution in [-0.4, -0.2) is 41.9 Å². The van der Waals surface area contributed by atoms with Crippen molar-refractivity contribution in [3.8, 4) is 0 Å². The Kier molecular flexibility index (Phi) is 5.45. The summed E-state index contributed by atoms with van der Waals surface area (Å²) in [5, 5.41) is 4.33. The molecule has 0 saturated carbocycles. The zero-order chi connectivity index (χ0) is 16.9. The van der Waals surface area contributed by atoms with Gasteiger partial charge in [0.1, 0.15) is 5.58 Å². The molecule has 1 fully saturated rings. The van der Waals surface area contributed by atoms with Crippen molar-refractivity contribution in [2.24, 2.45) is 0 Å². The monoisotopic (exact) mass is 346 g/mol. The summed E-state index contributed by atoms with van der Waals surface area (Å²) in [7, 11) is 1.87. The van der Waals surface area contributed by atoms with Crippen molar-refractivity contribution < 1.29 is 9.21 Å². The fourth-order valence-electron chi connectivity index (χ4n) is 2.93. The Labute approximate surface area is 145 Å². The van der Waals surface area contributed by atoms with Gasteiger partial charge in [0, 0.05) is 31.6 Å². The fourth-order valence-corrected chi connectivity index (χ4v) is 4.20. The molecule has 5 nitrogen and oxygen atoms in total. The van der Waals surface area contributed by atoms with Gasteiger partial charge in [0.05, 0.1) is 10.9 Å². The quantitative estimate of drug-likeness (QED) is 0.644. The summed E-state index contributed by atoms with van der Waals surface area (Å²) < 4.78 is 5.18. The Balaban J connectivity index is 1.53. The minimum absolute atomic E-state index is 0.144. The molecule has 1 atom stereocenters. The fraction of sp³-hybridized carbons (Fsp3) is 0.444. The Morgan fingerprint density at radius 3 is 3.04 bits per heavy atom. The van der Waals surface area contributed by atoms with E-state index < -0.39 is 0 Å². The Morgan fingerprint density at radius 2 is 2.25 bits per heavy atom. The summed E-state index contributed by atoms with van der Waals surface area (Å²) in [6, 6.07) is 8.95. The third kappa shape index (κ3) is 3.93. The van der Waals surface area contributed by atoms with E-state index >= 15 is 0 Å². The molecule has 1 saturated heterocycles. The lowest BCUT2D eigenvalue weighted by atomic mass is 10.2. The number of hydrogen-bond acceptors (Lipinski definition) is 5. The molecule has 0 spiro atoms. The van der Waals surface area contributed by atoms with E-state index in [9.17, 15) is 9.59 Å². The van der Waals surface area contributed by atoms with Gasteiger partial charge in [-0.05, 0) is 37.1 Å². The molecule has 1 aromatic carbocycles. The summed E-state index contributed by atoms with van der Waals surface area (Å²) in [5.74, 6) is 1.33. The Morgan fingerprint density at radius 1 is 1.42 bits per heavy atom. The first-order valence-corrected chi connectivity index (χ1v) is 9.33. The number of benzene rings is 1. The van der Waals surface area contributed by atoms with Crippen LogP contribution < -0.4 is 10.9 Å². The number of carbonyl (C=O) groups is 1. The van der Waals surface area contributed by atoms with Gasteiger partial charge in [-0.2, -0.15) is 0 Å². The third-order valence-electron chi connectivity index (χ3n) is 4.22. The zero-order valence-electron chi connectivity index (χ0n) is 13.8. The number of carbonyl (C=O) groups excluding carboxylic acids is 1. The van der Waals surface area contributed by atoms with Crippen LogP contribution in [0.1, 0.15) is 19.3 Å². The summed E-state index contributed by atoms with van der Waals surface area (Å²) in [4.78, 5) is 25.7. The summed E-state index contributed by atoms with van der Waals surface area (Å²) in [6.45, 7) is 1.41. The van der Waals surface area contributed by atoms with Crippen molar-refractivity contribution in [2.75, 3.05) is 31.2 Å². The molecule has 0 unspecified atom stereocenters. The maximum absolute atomic E-state index is 12.3. The molecule has 1 aromatic heterocycles. The normalized spacial score (nSPS) is 17.1. The van der Waals surface area contributed by atoms with Gasteiger partial charge in [-0.15, -0.1) is 11.8 Å². The van der Waals surface area contributed by atoms with Crippen LogP contribution >= 0.6 is 11.8 Å². The van der Waals surface area contributed by atoms with Crippen molar-refractivity contribution in [2.45, 2.75) is 24.5 Å². The lowest BCUT2D eigenvalue weighted by Crippen LogP contribution is -2.34. The third-order valence-corrected chi connectivity index (χ3v) is 5.58. The van der Waals surface area contributed by atoms with Crippen LogP contribution in [0.5, 0.6) is 0 Å². The van der Waals surface area contributed by atoms with Crippen LogP contribution in [0.15, 0.2) is 39.5 Å². The van der Waals surface area contributed by atoms with Crippen molar-refractivity contribution in [1.82, 2.24) is 4.90 Å². The van der Waals surface area contributed by atoms with E-state index in [2.05, 4.69) is 5.32 Å². The predicted octanol–water partition coefficient (Wildman–Crippen LogP) is 2.95. The number of hydrogen-bond donors (Lipinski definition) is 1. The van der Waals surface area contributed by atoms with Crippen molar-refractivity contribution in [3.63, 3.8) is 0 Å². The molecule has 0 aliphatic carbocycles. The molecular weight excluding hydrogens is 324 g/mol. The second kappa shape index (κ2) is 7.75. The van der Waals surface area contributed by atoms with Gasteiger partial charge in [0.2, 0.25) is 5.91 Å². The van der Waals surface area contributed by atoms with Gasteiger partial charge >= 0.3 is 5.63 Å². The molecule has 0 bridgehead atoms. The van der Waals surface area contributed by atoms with E-state index in [1.165, 1.54) is 6.07 Å². The smallest absolute Gasteiger partial charge is 0.338 e. The van der Waals surface area contributed by atoms with Crippen molar-refractivity contribution >= 4 is 34.3 Å². The second-order valence-corrected chi connectivity index (χ2v) is 7.33. The Hall–Kier alpha value is -1.95. The van der Waals surface area contributed by atoms with Crippen LogP contribution in [0.3, 0.4) is 0 Å². The van der Waals surface area contributed by atoms with Crippen LogP contribution in [0.4, 0.5) is 5.69 Å². The van der Waals surface area contributed by atoms with E-state index in [4.69, 9.17) is 4.42 Å². The SMILES string of the molecule is CN(CCCNc1cc(=O)oc2ccccc12)C(=O)[C@H]1CCCS1. The number of amides is 1. The lowest BCUT2D eigenvalue weighted by molar-refractivity contribution is -0.129. The first-order valence-electron chi connectivity index (χ1n) is 8.28. The van der Waals surface area contributed by atoms with Gasteiger partial charge in [-0.3, -0.25) is 4.79 Å². The number of nitrogens with zero attached hydrogens (tertiary/aromatic N) is 1. The maximum Gasteiger partial charge on any atom is 0.338 e. The first kappa shape index (κ1) is 16.9. The van der Waals surface area contributed by atoms with Gasteiger partial charge < -0.3 is 14.6 Å². The number of thioether (sulfide) groups is 1. The van der Waals surface area contributed by atoms with Gasteiger partial charge in [-0.25, -0.2) is 4.79 Å². The standard InChI is InChI=1S/C18H22N2O3S/c1-20(18(22)16-8-4-11-24-16)10-5-9-19-14-12-17(21)23-15-7-3-2-6-13(14)15/h2-3,6-7,12,16,19H,4-5,8-11H2,1H3/t16-/m1/s1. The molecule has 3 rings (SSSR count). The van der Waals surface area contributed by atoms with Gasteiger partial charge in [-0.1, -0.05) is 12.1 Å². The predicted molar refractivity (Wildman–Crippen MR) is 98.7 cm³/mol. The number of para-hydroxylation sites is 1. The van der Waals surface area contributed by atoms with Crippen molar-refractivity contribution in [1.29, 1.82) is 0 Å². The highest BCUT2D eigenvalue weighted by Gasteiger charge is 2.25. The molecule has 128 valence electrons. The molecule has 1 N–H and O–H groups in total. The minimum Gasteiger partial charge on any atom is -0.423 e. The number of nitrogens with one attached hydrogen (secondary N) is 1. The molecule has 2 heterocycles. The van der Waals surface area contributed by atoms with Crippen LogP contribution in [0.25, 0.3) is 11.0 Å². The highest BCUT2D eigenvalue weighted by molar-refractivity contribution is 8.00. The second-order valence-electron chi connectivity index (χ2n) is 6.02. The van der Waals surface area contributed by atoms with Crippen LogP contribution in [0.2, 0.25) is 0 Å². The number of fused-ring (bicyclic) bond motifs is 1. The number of anilines is 1. The highest BCUT2D eigenvalue weighted by Crippen LogP contribution is 2.27. The van der Waals surface area contributed by atoms with E-state index in [1.807, 2.05) is 30.1 Å². The van der Waals surface area contributed by atoms with Crippen LogP contribution in [0, 0.1) is 0 Å². The first-order chi connectivity index (χ1) is 11.6. The average Bonchev–Trinajstić information content (AvgIpc) is 3.12. The maximum atomic E-state index is 12.3. The molecule has 0 radical (unpaired) electrons. The lowest BCUT2D eigenvalue weighted by Gasteiger charge is -2.20. The van der Waals surface area contributed by atoms with Crippen LogP contribution in [-0.2, 0) is 4.79 Å². The Bertz CT molecular complexity index is 768. The minimum atomic E-state index is -0.359. The number of rotatable bonds is 6. The molecule has 1 aliphatic rings. The van der Waals surface area contributed by atoms with Crippen molar-refractivity contribution in [3.05, 3.63) is 40.8 Å². The zero-order valence-corrected chi connectivity index (χ0v) is 14.6. The highest BCUT2D eigenvalue weighted by atomic mass is 32.2. The van der Waals surface area contributed by atoms with E-state index in [1.54, 1.807) is 17.8 Å². The van der Waals surface area contributed by atoms with Gasteiger partial charge in [0.25, 0.3) is 0 Å². The topological polar surface area (TPSA) is 62.6 Å². The van der Waals surface area contributed by atoms with Gasteiger partial charge in [0.15, 0.2) is 0 Å². The molecule has 1 amide bonds. The molecule has 2 aromatic rings. The summed E-state index contributed by atoms with van der Waals surface area (Å²) in [6.07, 6.45) is 2.96. The largest absolute Gasteiger partial charge is 0.423 e. The van der Waals surface area contributed by atoms with E-state index in [0.717, 1.165) is 36.1 Å². The molecule has 1 aliphatic heterocycles. The van der Waals surface area contributed by atoms with E-state index in [-0.39, 0.29) is 16.8 Å².